The van der Waals surface area contributed by atoms with Gasteiger partial charge in [-0.1, -0.05) is 60.7 Å². The third-order valence-corrected chi connectivity index (χ3v) is 6.48. The van der Waals surface area contributed by atoms with Crippen molar-refractivity contribution in [1.82, 2.24) is 15.6 Å². The molecule has 178 valence electrons. The van der Waals surface area contributed by atoms with Gasteiger partial charge in [-0.3, -0.25) is 0 Å². The molecule has 0 bridgehead atoms. The van der Waals surface area contributed by atoms with Crippen molar-refractivity contribution < 1.29 is 14.3 Å². The summed E-state index contributed by atoms with van der Waals surface area (Å²) >= 11 is 0. The summed E-state index contributed by atoms with van der Waals surface area (Å²) in [6.07, 6.45) is 4.63. The lowest BCUT2D eigenvalue weighted by Gasteiger charge is -2.21. The van der Waals surface area contributed by atoms with Crippen LogP contribution in [0.5, 0.6) is 11.5 Å². The lowest BCUT2D eigenvalue weighted by Crippen LogP contribution is -2.21. The number of nitrogens with one attached hydrogen (secondary N) is 2. The van der Waals surface area contributed by atoms with Crippen LogP contribution in [0.1, 0.15) is 28.4 Å². The molecule has 1 atom stereocenters. The second-order valence-corrected chi connectivity index (χ2v) is 8.83. The SMILES string of the molecule is O=CC1NC=Cc2nc(-c3ccc(CNCc4ccc5c(c4)OCO5)cc3)c(-c3ccccc3)cc21. The summed E-state index contributed by atoms with van der Waals surface area (Å²) in [5, 5.41) is 6.60. The van der Waals surface area contributed by atoms with Crippen LogP contribution in [0.4, 0.5) is 0 Å². The van der Waals surface area contributed by atoms with Crippen molar-refractivity contribution in [2.75, 3.05) is 6.79 Å². The van der Waals surface area contributed by atoms with Gasteiger partial charge < -0.3 is 24.9 Å². The van der Waals surface area contributed by atoms with Crippen LogP contribution < -0.4 is 20.1 Å². The van der Waals surface area contributed by atoms with Crippen molar-refractivity contribution in [3.05, 3.63) is 107 Å². The first kappa shape index (κ1) is 22.1. The number of carbonyl (C=O) groups is 1. The maximum absolute atomic E-state index is 11.6. The smallest absolute Gasteiger partial charge is 0.231 e. The zero-order valence-corrected chi connectivity index (χ0v) is 19.6. The molecule has 3 aromatic carbocycles. The minimum atomic E-state index is -0.396. The summed E-state index contributed by atoms with van der Waals surface area (Å²) in [5.74, 6) is 1.60. The van der Waals surface area contributed by atoms with Crippen LogP contribution >= 0.6 is 0 Å². The van der Waals surface area contributed by atoms with Crippen molar-refractivity contribution >= 4 is 12.4 Å². The molecule has 0 spiro atoms. The van der Waals surface area contributed by atoms with E-state index in [0.717, 1.165) is 70.1 Å². The number of hydrogen-bond acceptors (Lipinski definition) is 6. The summed E-state index contributed by atoms with van der Waals surface area (Å²) in [6, 6.07) is 26.4. The maximum Gasteiger partial charge on any atom is 0.231 e. The van der Waals surface area contributed by atoms with Gasteiger partial charge in [-0.15, -0.1) is 0 Å². The number of aldehydes is 1. The van der Waals surface area contributed by atoms with Crippen LogP contribution in [0.15, 0.2) is 85.1 Å². The summed E-state index contributed by atoms with van der Waals surface area (Å²) in [7, 11) is 0. The first-order valence-electron chi connectivity index (χ1n) is 12.0. The van der Waals surface area contributed by atoms with Gasteiger partial charge in [-0.05, 0) is 47.2 Å². The Bertz CT molecular complexity index is 1430. The Morgan fingerprint density at radius 3 is 2.50 bits per heavy atom. The van der Waals surface area contributed by atoms with E-state index in [4.69, 9.17) is 14.5 Å². The van der Waals surface area contributed by atoms with Gasteiger partial charge in [-0.2, -0.15) is 0 Å². The van der Waals surface area contributed by atoms with E-state index in [0.29, 0.717) is 0 Å². The molecule has 2 N–H and O–H groups in total. The zero-order valence-electron chi connectivity index (χ0n) is 19.6. The molecule has 36 heavy (non-hydrogen) atoms. The van der Waals surface area contributed by atoms with Crippen LogP contribution in [-0.2, 0) is 17.9 Å². The molecule has 0 radical (unpaired) electrons. The fourth-order valence-electron chi connectivity index (χ4n) is 4.60. The predicted molar refractivity (Wildman–Crippen MR) is 139 cm³/mol. The first-order valence-corrected chi connectivity index (χ1v) is 12.0. The second kappa shape index (κ2) is 9.68. The largest absolute Gasteiger partial charge is 0.454 e. The number of ether oxygens (including phenoxy) is 2. The Labute approximate surface area is 209 Å². The van der Waals surface area contributed by atoms with Crippen molar-refractivity contribution in [3.63, 3.8) is 0 Å². The highest BCUT2D eigenvalue weighted by molar-refractivity contribution is 5.84. The number of pyridine rings is 1. The lowest BCUT2D eigenvalue weighted by atomic mass is 9.93. The number of aromatic nitrogens is 1. The molecule has 0 saturated carbocycles. The molecule has 1 aromatic heterocycles. The predicted octanol–water partition coefficient (Wildman–Crippen LogP) is 5.25. The normalized spacial score (nSPS) is 15.3. The number of carbonyl (C=O) groups excluding carboxylic acids is 1. The molecular weight excluding hydrogens is 450 g/mol. The standard InChI is InChI=1S/C30H25N3O3/c34-18-27-25-15-24(22-4-2-1-3-5-22)30(33-26(25)12-13-32-27)23-9-6-20(7-10-23)16-31-17-21-8-11-28-29(14-21)36-19-35-28/h1-15,18,27,31-32H,16-17,19H2. The Hall–Kier alpha value is -4.42. The van der Waals surface area contributed by atoms with E-state index in [1.807, 2.05) is 36.4 Å². The van der Waals surface area contributed by atoms with Crippen molar-refractivity contribution in [2.24, 2.45) is 0 Å². The van der Waals surface area contributed by atoms with E-state index in [1.165, 1.54) is 5.56 Å². The van der Waals surface area contributed by atoms with Crippen LogP contribution in [-0.4, -0.2) is 18.1 Å². The minimum absolute atomic E-state index is 0.286. The lowest BCUT2D eigenvalue weighted by molar-refractivity contribution is -0.109. The molecule has 0 fully saturated rings. The first-order chi connectivity index (χ1) is 17.8. The molecule has 3 heterocycles. The molecule has 2 aliphatic rings. The van der Waals surface area contributed by atoms with Crippen molar-refractivity contribution in [3.8, 4) is 33.9 Å². The topological polar surface area (TPSA) is 72.5 Å². The van der Waals surface area contributed by atoms with Gasteiger partial charge in [0.25, 0.3) is 0 Å². The van der Waals surface area contributed by atoms with Gasteiger partial charge in [0.1, 0.15) is 12.3 Å². The zero-order chi connectivity index (χ0) is 24.3. The Morgan fingerprint density at radius 1 is 0.889 bits per heavy atom. The number of fused-ring (bicyclic) bond motifs is 2. The van der Waals surface area contributed by atoms with Crippen LogP contribution in [0.3, 0.4) is 0 Å². The monoisotopic (exact) mass is 475 g/mol. The summed E-state index contributed by atoms with van der Waals surface area (Å²) in [4.78, 5) is 16.6. The molecule has 6 rings (SSSR count). The van der Waals surface area contributed by atoms with E-state index in [-0.39, 0.29) is 6.79 Å². The van der Waals surface area contributed by atoms with E-state index in [2.05, 4.69) is 59.2 Å². The molecular formula is C30H25N3O3. The highest BCUT2D eigenvalue weighted by Crippen LogP contribution is 2.35. The Kier molecular flexibility index (Phi) is 5.93. The van der Waals surface area contributed by atoms with Crippen molar-refractivity contribution in [2.45, 2.75) is 19.1 Å². The quantitative estimate of drug-likeness (QED) is 0.356. The van der Waals surface area contributed by atoms with Crippen LogP contribution in [0.25, 0.3) is 28.5 Å². The fraction of sp³-hybridized carbons (Fsp3) is 0.133. The fourth-order valence-corrected chi connectivity index (χ4v) is 4.60. The Morgan fingerprint density at radius 2 is 1.67 bits per heavy atom. The van der Waals surface area contributed by atoms with Gasteiger partial charge >= 0.3 is 0 Å². The Balaban J connectivity index is 1.24. The number of benzene rings is 3. The number of nitrogens with zero attached hydrogens (tertiary/aromatic N) is 1. The maximum atomic E-state index is 11.6. The minimum Gasteiger partial charge on any atom is -0.454 e. The molecule has 6 nitrogen and oxygen atoms in total. The molecule has 0 saturated heterocycles. The molecule has 4 aromatic rings. The van der Waals surface area contributed by atoms with Gasteiger partial charge in [0.05, 0.1) is 11.4 Å². The number of rotatable bonds is 7. The number of hydrogen-bond donors (Lipinski definition) is 2. The molecule has 2 aliphatic heterocycles. The molecule has 0 amide bonds. The summed E-state index contributed by atoms with van der Waals surface area (Å²) < 4.78 is 10.8. The third kappa shape index (κ3) is 4.34. The highest BCUT2D eigenvalue weighted by Gasteiger charge is 2.21. The second-order valence-electron chi connectivity index (χ2n) is 8.83. The van der Waals surface area contributed by atoms with Crippen LogP contribution in [0.2, 0.25) is 0 Å². The third-order valence-electron chi connectivity index (χ3n) is 6.48. The molecule has 6 heteroatoms. The summed E-state index contributed by atoms with van der Waals surface area (Å²) in [6.45, 7) is 1.77. The average Bonchev–Trinajstić information content (AvgIpc) is 3.41. The van der Waals surface area contributed by atoms with E-state index >= 15 is 0 Å². The summed E-state index contributed by atoms with van der Waals surface area (Å²) in [5.41, 5.74) is 8.04. The van der Waals surface area contributed by atoms with Gasteiger partial charge in [0, 0.05) is 29.8 Å². The van der Waals surface area contributed by atoms with E-state index in [9.17, 15) is 4.79 Å². The average molecular weight is 476 g/mol. The van der Waals surface area contributed by atoms with E-state index in [1.54, 1.807) is 6.20 Å². The van der Waals surface area contributed by atoms with Gasteiger partial charge in [0.2, 0.25) is 6.79 Å². The van der Waals surface area contributed by atoms with Gasteiger partial charge in [-0.25, -0.2) is 4.98 Å². The molecule has 0 aliphatic carbocycles. The van der Waals surface area contributed by atoms with Gasteiger partial charge in [0.15, 0.2) is 11.5 Å². The van der Waals surface area contributed by atoms with E-state index < -0.39 is 6.04 Å². The van der Waals surface area contributed by atoms with Crippen LogP contribution in [0, 0.1) is 0 Å². The molecule has 1 unspecified atom stereocenters. The van der Waals surface area contributed by atoms with Crippen molar-refractivity contribution in [1.29, 1.82) is 0 Å². The highest BCUT2D eigenvalue weighted by atomic mass is 16.7.